The number of benzene rings is 1. The first-order valence-electron chi connectivity index (χ1n) is 9.34. The van der Waals surface area contributed by atoms with E-state index in [0.29, 0.717) is 5.41 Å². The highest BCUT2D eigenvalue weighted by Crippen LogP contribution is 2.39. The van der Waals surface area contributed by atoms with Gasteiger partial charge in [0, 0.05) is 5.41 Å². The molecule has 1 unspecified atom stereocenters. The molecule has 2 rings (SSSR count). The molecule has 0 aliphatic heterocycles. The largest absolute Gasteiger partial charge is 0.241 e. The molecule has 0 saturated heterocycles. The molecule has 1 nitrogen and oxygen atoms in total. The van der Waals surface area contributed by atoms with Crippen LogP contribution < -0.4 is 0 Å². The van der Waals surface area contributed by atoms with Gasteiger partial charge < -0.3 is 0 Å². The van der Waals surface area contributed by atoms with E-state index < -0.39 is 0 Å². The zero-order valence-corrected chi connectivity index (χ0v) is 16.6. The van der Waals surface area contributed by atoms with Gasteiger partial charge in [0.05, 0.1) is 15.2 Å². The Morgan fingerprint density at radius 2 is 1.61 bits per heavy atom. The molecule has 0 bridgehead atoms. The van der Waals surface area contributed by atoms with Crippen molar-refractivity contribution in [3.8, 4) is 0 Å². The molecule has 128 valence electrons. The Labute approximate surface area is 146 Å². The van der Waals surface area contributed by atoms with Gasteiger partial charge in [-0.25, -0.2) is 4.98 Å². The number of hydrogen-bond donors (Lipinski definition) is 0. The predicted molar refractivity (Wildman–Crippen MR) is 105 cm³/mol. The standard InChI is InChI=1S/C21H33NS/c1-7-11-14-21(6,10-4)16-12-13-17-18(15-16)23-19(22-17)20(5,8-2)9-3/h12-13,15H,7-11,14H2,1-6H3. The molecule has 0 spiro atoms. The van der Waals surface area contributed by atoms with Gasteiger partial charge in [-0.2, -0.15) is 0 Å². The van der Waals surface area contributed by atoms with Crippen LogP contribution in [-0.4, -0.2) is 4.98 Å². The SMILES string of the molecule is CCCCC(C)(CC)c1ccc2nc(C(C)(CC)CC)sc2c1. The van der Waals surface area contributed by atoms with Gasteiger partial charge in [-0.05, 0) is 48.8 Å². The van der Waals surface area contributed by atoms with E-state index in [1.54, 1.807) is 0 Å². The topological polar surface area (TPSA) is 12.9 Å². The van der Waals surface area contributed by atoms with Crippen molar-refractivity contribution in [3.63, 3.8) is 0 Å². The lowest BCUT2D eigenvalue weighted by Crippen LogP contribution is -2.20. The average Bonchev–Trinajstić information content (AvgIpc) is 3.02. The van der Waals surface area contributed by atoms with Crippen LogP contribution in [0.3, 0.4) is 0 Å². The molecule has 1 atom stereocenters. The molecule has 23 heavy (non-hydrogen) atoms. The fourth-order valence-electron chi connectivity index (χ4n) is 3.20. The third-order valence-electron chi connectivity index (χ3n) is 6.02. The van der Waals surface area contributed by atoms with Crippen molar-refractivity contribution in [2.75, 3.05) is 0 Å². The van der Waals surface area contributed by atoms with Crippen molar-refractivity contribution in [1.29, 1.82) is 0 Å². The van der Waals surface area contributed by atoms with Crippen LogP contribution in [0.15, 0.2) is 18.2 Å². The number of aromatic nitrogens is 1. The normalized spacial score (nSPS) is 15.0. The summed E-state index contributed by atoms with van der Waals surface area (Å²) in [5, 5.41) is 1.31. The molecule has 2 heteroatoms. The smallest absolute Gasteiger partial charge is 0.0997 e. The summed E-state index contributed by atoms with van der Waals surface area (Å²) in [5.74, 6) is 0. The number of thiazole rings is 1. The maximum absolute atomic E-state index is 4.96. The molecule has 0 fully saturated rings. The fraction of sp³-hybridized carbons (Fsp3) is 0.667. The van der Waals surface area contributed by atoms with Crippen LogP contribution in [0.2, 0.25) is 0 Å². The Morgan fingerprint density at radius 1 is 0.957 bits per heavy atom. The summed E-state index contributed by atoms with van der Waals surface area (Å²) in [6.07, 6.45) is 7.36. The first-order chi connectivity index (χ1) is 10.9. The zero-order valence-electron chi connectivity index (χ0n) is 15.8. The average molecular weight is 332 g/mol. The van der Waals surface area contributed by atoms with Crippen LogP contribution >= 0.6 is 11.3 Å². The van der Waals surface area contributed by atoms with Gasteiger partial charge in [0.2, 0.25) is 0 Å². The number of fused-ring (bicyclic) bond motifs is 1. The van der Waals surface area contributed by atoms with Gasteiger partial charge in [-0.3, -0.25) is 0 Å². The van der Waals surface area contributed by atoms with Crippen LogP contribution in [0.4, 0.5) is 0 Å². The van der Waals surface area contributed by atoms with Crippen molar-refractivity contribution in [2.45, 2.75) is 90.9 Å². The summed E-state index contributed by atoms with van der Waals surface area (Å²) in [6.45, 7) is 13.9. The molecule has 0 aliphatic rings. The predicted octanol–water partition coefficient (Wildman–Crippen LogP) is 7.23. The molecule has 2 aromatic rings. The van der Waals surface area contributed by atoms with Gasteiger partial charge >= 0.3 is 0 Å². The minimum Gasteiger partial charge on any atom is -0.241 e. The molecule has 0 saturated carbocycles. The van der Waals surface area contributed by atoms with E-state index in [9.17, 15) is 0 Å². The van der Waals surface area contributed by atoms with E-state index in [2.05, 4.69) is 59.7 Å². The Hall–Kier alpha value is -0.890. The third kappa shape index (κ3) is 3.63. The van der Waals surface area contributed by atoms with Gasteiger partial charge in [0.15, 0.2) is 0 Å². The number of rotatable bonds is 8. The molecule has 0 radical (unpaired) electrons. The lowest BCUT2D eigenvalue weighted by atomic mass is 9.76. The Bertz CT molecular complexity index is 638. The maximum atomic E-state index is 4.96. The molecular formula is C21H33NS. The third-order valence-corrected chi connectivity index (χ3v) is 7.35. The highest BCUT2D eigenvalue weighted by molar-refractivity contribution is 7.18. The molecule has 1 heterocycles. The molecule has 1 aromatic heterocycles. The van der Waals surface area contributed by atoms with Crippen LogP contribution in [-0.2, 0) is 10.8 Å². The van der Waals surface area contributed by atoms with Crippen molar-refractivity contribution in [3.05, 3.63) is 28.8 Å². The second-order valence-electron chi connectivity index (χ2n) is 7.49. The summed E-state index contributed by atoms with van der Waals surface area (Å²) in [5.41, 5.74) is 3.19. The summed E-state index contributed by atoms with van der Waals surface area (Å²) in [7, 11) is 0. The van der Waals surface area contributed by atoms with E-state index in [-0.39, 0.29) is 5.41 Å². The van der Waals surface area contributed by atoms with E-state index >= 15 is 0 Å². The van der Waals surface area contributed by atoms with E-state index in [4.69, 9.17) is 4.98 Å². The maximum Gasteiger partial charge on any atom is 0.0997 e. The van der Waals surface area contributed by atoms with Gasteiger partial charge in [-0.15, -0.1) is 11.3 Å². The second-order valence-corrected chi connectivity index (χ2v) is 8.52. The molecule has 0 N–H and O–H groups in total. The van der Waals surface area contributed by atoms with Crippen LogP contribution in [0.1, 0.15) is 90.6 Å². The van der Waals surface area contributed by atoms with Crippen molar-refractivity contribution >= 4 is 21.6 Å². The first-order valence-corrected chi connectivity index (χ1v) is 10.2. The Kier molecular flexibility index (Phi) is 5.89. The molecule has 0 amide bonds. The molecular weight excluding hydrogens is 298 g/mol. The number of nitrogens with zero attached hydrogens (tertiary/aromatic N) is 1. The highest BCUT2D eigenvalue weighted by Gasteiger charge is 2.28. The summed E-state index contributed by atoms with van der Waals surface area (Å²) >= 11 is 1.91. The first kappa shape index (κ1) is 18.4. The van der Waals surface area contributed by atoms with E-state index in [1.807, 2.05) is 11.3 Å². The summed E-state index contributed by atoms with van der Waals surface area (Å²) < 4.78 is 1.36. The molecule has 0 aliphatic carbocycles. The lowest BCUT2D eigenvalue weighted by molar-refractivity contribution is 0.403. The van der Waals surface area contributed by atoms with E-state index in [0.717, 1.165) is 12.8 Å². The quantitative estimate of drug-likeness (QED) is 0.497. The summed E-state index contributed by atoms with van der Waals surface area (Å²) in [4.78, 5) is 4.96. The monoisotopic (exact) mass is 331 g/mol. The van der Waals surface area contributed by atoms with Gasteiger partial charge in [0.1, 0.15) is 0 Å². The fourth-order valence-corrected chi connectivity index (χ4v) is 4.49. The summed E-state index contributed by atoms with van der Waals surface area (Å²) in [6, 6.07) is 6.98. The van der Waals surface area contributed by atoms with Crippen molar-refractivity contribution in [2.24, 2.45) is 0 Å². The Morgan fingerprint density at radius 3 is 2.17 bits per heavy atom. The van der Waals surface area contributed by atoms with Crippen LogP contribution in [0.5, 0.6) is 0 Å². The second kappa shape index (κ2) is 7.34. The minimum atomic E-state index is 0.222. The van der Waals surface area contributed by atoms with Crippen LogP contribution in [0.25, 0.3) is 10.2 Å². The zero-order chi connectivity index (χ0) is 17.1. The van der Waals surface area contributed by atoms with Crippen molar-refractivity contribution < 1.29 is 0 Å². The lowest BCUT2D eigenvalue weighted by Gasteiger charge is -2.29. The Balaban J connectivity index is 2.43. The number of unbranched alkanes of at least 4 members (excludes halogenated alkanes) is 1. The van der Waals surface area contributed by atoms with Crippen LogP contribution in [0, 0.1) is 0 Å². The van der Waals surface area contributed by atoms with Crippen molar-refractivity contribution in [1.82, 2.24) is 4.98 Å². The molecule has 1 aromatic carbocycles. The highest BCUT2D eigenvalue weighted by atomic mass is 32.1. The van der Waals surface area contributed by atoms with Gasteiger partial charge in [0.25, 0.3) is 0 Å². The van der Waals surface area contributed by atoms with Gasteiger partial charge in [-0.1, -0.05) is 60.5 Å². The van der Waals surface area contributed by atoms with E-state index in [1.165, 1.54) is 46.5 Å². The number of hydrogen-bond acceptors (Lipinski definition) is 2. The minimum absolute atomic E-state index is 0.222.